The van der Waals surface area contributed by atoms with Crippen molar-refractivity contribution >= 4 is 0 Å². The van der Waals surface area contributed by atoms with Crippen LogP contribution in [0.1, 0.15) is 39.5 Å². The minimum Gasteiger partial charge on any atom is -0.316 e. The summed E-state index contributed by atoms with van der Waals surface area (Å²) in [5.74, 6) is 4.04. The number of fused-ring (bicyclic) bond motifs is 1. The molecular weight excluding hydrogens is 158 g/mol. The molecule has 0 amide bonds. The third kappa shape index (κ3) is 1.90. The van der Waals surface area contributed by atoms with Crippen molar-refractivity contribution in [1.29, 1.82) is 0 Å². The molecule has 0 aromatic heterocycles. The summed E-state index contributed by atoms with van der Waals surface area (Å²) in [6.45, 7) is 7.38. The van der Waals surface area contributed by atoms with E-state index in [9.17, 15) is 0 Å². The molecule has 0 radical (unpaired) electrons. The van der Waals surface area contributed by atoms with E-state index in [2.05, 4.69) is 19.2 Å². The molecule has 1 saturated heterocycles. The lowest BCUT2D eigenvalue weighted by molar-refractivity contribution is 0.173. The zero-order valence-corrected chi connectivity index (χ0v) is 9.05. The largest absolute Gasteiger partial charge is 0.316 e. The van der Waals surface area contributed by atoms with Crippen LogP contribution in [0.25, 0.3) is 0 Å². The first-order chi connectivity index (χ1) is 6.31. The summed E-state index contributed by atoms with van der Waals surface area (Å²) in [4.78, 5) is 0. The first-order valence-electron chi connectivity index (χ1n) is 6.02. The van der Waals surface area contributed by atoms with Gasteiger partial charge in [0.05, 0.1) is 0 Å². The lowest BCUT2D eigenvalue weighted by Gasteiger charge is -2.34. The van der Waals surface area contributed by atoms with E-state index in [0.717, 1.165) is 23.7 Å². The molecule has 0 bridgehead atoms. The Morgan fingerprint density at radius 3 is 2.77 bits per heavy atom. The first kappa shape index (κ1) is 9.51. The Kier molecular flexibility index (Phi) is 2.92. The summed E-state index contributed by atoms with van der Waals surface area (Å²) in [6.07, 6.45) is 5.87. The van der Waals surface area contributed by atoms with Gasteiger partial charge in [0.15, 0.2) is 0 Å². The molecule has 1 heterocycles. The van der Waals surface area contributed by atoms with Gasteiger partial charge in [-0.3, -0.25) is 0 Å². The molecule has 1 N–H and O–H groups in total. The van der Waals surface area contributed by atoms with Gasteiger partial charge in [0.25, 0.3) is 0 Å². The van der Waals surface area contributed by atoms with Gasteiger partial charge in [-0.15, -0.1) is 0 Å². The second-order valence-corrected chi connectivity index (χ2v) is 5.14. The monoisotopic (exact) mass is 181 g/mol. The summed E-state index contributed by atoms with van der Waals surface area (Å²) in [5, 5.41) is 3.54. The van der Waals surface area contributed by atoms with Crippen molar-refractivity contribution in [1.82, 2.24) is 5.32 Å². The van der Waals surface area contributed by atoms with Crippen molar-refractivity contribution in [3.05, 3.63) is 0 Å². The Balaban J connectivity index is 1.89. The Bertz CT molecular complexity index is 167. The maximum absolute atomic E-state index is 3.54. The van der Waals surface area contributed by atoms with Crippen LogP contribution in [0.4, 0.5) is 0 Å². The molecule has 1 saturated carbocycles. The molecule has 13 heavy (non-hydrogen) atoms. The molecule has 0 spiro atoms. The molecule has 0 aromatic carbocycles. The van der Waals surface area contributed by atoms with Crippen LogP contribution >= 0.6 is 0 Å². The van der Waals surface area contributed by atoms with Gasteiger partial charge in [0.2, 0.25) is 0 Å². The van der Waals surface area contributed by atoms with Gasteiger partial charge in [0.1, 0.15) is 0 Å². The Morgan fingerprint density at radius 1 is 1.23 bits per heavy atom. The summed E-state index contributed by atoms with van der Waals surface area (Å²) >= 11 is 0. The highest BCUT2D eigenvalue weighted by Gasteiger charge is 2.34. The van der Waals surface area contributed by atoms with E-state index in [-0.39, 0.29) is 0 Å². The highest BCUT2D eigenvalue weighted by atomic mass is 14.9. The fraction of sp³-hybridized carbons (Fsp3) is 1.00. The lowest BCUT2D eigenvalue weighted by Crippen LogP contribution is -2.26. The standard InChI is InChI=1S/C12H23N/c1-3-9(2)10-4-5-11-7-13-8-12(11)6-10/h9-13H,3-8H2,1-2H3. The predicted octanol–water partition coefficient (Wildman–Crippen LogP) is 2.67. The molecule has 2 aliphatic rings. The number of rotatable bonds is 2. The van der Waals surface area contributed by atoms with Gasteiger partial charge < -0.3 is 5.32 Å². The molecule has 76 valence electrons. The van der Waals surface area contributed by atoms with E-state index in [0.29, 0.717) is 0 Å². The minimum absolute atomic E-state index is 0.960. The molecule has 2 rings (SSSR count). The van der Waals surface area contributed by atoms with Crippen LogP contribution in [0, 0.1) is 23.7 Å². The highest BCUT2D eigenvalue weighted by molar-refractivity contribution is 4.88. The minimum atomic E-state index is 0.960. The van der Waals surface area contributed by atoms with Crippen molar-refractivity contribution in [3.8, 4) is 0 Å². The van der Waals surface area contributed by atoms with Gasteiger partial charge in [-0.25, -0.2) is 0 Å². The van der Waals surface area contributed by atoms with Crippen molar-refractivity contribution in [2.45, 2.75) is 39.5 Å². The summed E-state index contributed by atoms with van der Waals surface area (Å²) in [7, 11) is 0. The van der Waals surface area contributed by atoms with E-state index in [4.69, 9.17) is 0 Å². The number of hydrogen-bond donors (Lipinski definition) is 1. The summed E-state index contributed by atoms with van der Waals surface area (Å²) in [6, 6.07) is 0. The van der Waals surface area contributed by atoms with Crippen LogP contribution in [0.2, 0.25) is 0 Å². The molecule has 4 atom stereocenters. The zero-order valence-electron chi connectivity index (χ0n) is 9.05. The third-order valence-electron chi connectivity index (χ3n) is 4.44. The molecule has 1 aliphatic heterocycles. The average molecular weight is 181 g/mol. The van der Waals surface area contributed by atoms with E-state index < -0.39 is 0 Å². The molecule has 1 heteroatoms. The van der Waals surface area contributed by atoms with Crippen LogP contribution < -0.4 is 5.32 Å². The Hall–Kier alpha value is -0.0400. The van der Waals surface area contributed by atoms with Crippen LogP contribution in [0.3, 0.4) is 0 Å². The molecule has 2 fully saturated rings. The second kappa shape index (κ2) is 4.00. The van der Waals surface area contributed by atoms with Crippen LogP contribution in [0.5, 0.6) is 0 Å². The van der Waals surface area contributed by atoms with E-state index in [1.54, 1.807) is 0 Å². The smallest absolute Gasteiger partial charge is 0.00172 e. The maximum atomic E-state index is 3.54. The van der Waals surface area contributed by atoms with Crippen LogP contribution in [-0.4, -0.2) is 13.1 Å². The highest BCUT2D eigenvalue weighted by Crippen LogP contribution is 2.39. The van der Waals surface area contributed by atoms with E-state index >= 15 is 0 Å². The van der Waals surface area contributed by atoms with Gasteiger partial charge in [-0.2, -0.15) is 0 Å². The summed E-state index contributed by atoms with van der Waals surface area (Å²) in [5.41, 5.74) is 0. The molecule has 1 nitrogen and oxygen atoms in total. The summed E-state index contributed by atoms with van der Waals surface area (Å²) < 4.78 is 0. The second-order valence-electron chi connectivity index (χ2n) is 5.14. The third-order valence-corrected chi connectivity index (χ3v) is 4.44. The van der Waals surface area contributed by atoms with Gasteiger partial charge in [-0.05, 0) is 56.0 Å². The SMILES string of the molecule is CCC(C)C1CCC2CNCC2C1. The molecule has 4 unspecified atom stereocenters. The van der Waals surface area contributed by atoms with Crippen molar-refractivity contribution in [3.63, 3.8) is 0 Å². The van der Waals surface area contributed by atoms with Crippen molar-refractivity contribution in [2.75, 3.05) is 13.1 Å². The average Bonchev–Trinajstić information content (AvgIpc) is 2.63. The van der Waals surface area contributed by atoms with Crippen molar-refractivity contribution < 1.29 is 0 Å². The Labute approximate surface area is 82.3 Å². The van der Waals surface area contributed by atoms with Crippen LogP contribution in [-0.2, 0) is 0 Å². The first-order valence-corrected chi connectivity index (χ1v) is 6.02. The van der Waals surface area contributed by atoms with Crippen molar-refractivity contribution in [2.24, 2.45) is 23.7 Å². The normalized spacial score (nSPS) is 41.5. The topological polar surface area (TPSA) is 12.0 Å². The molecule has 0 aromatic rings. The maximum Gasteiger partial charge on any atom is -0.00172 e. The zero-order chi connectivity index (χ0) is 9.26. The van der Waals surface area contributed by atoms with Gasteiger partial charge in [0, 0.05) is 0 Å². The van der Waals surface area contributed by atoms with E-state index in [1.807, 2.05) is 0 Å². The lowest BCUT2D eigenvalue weighted by atomic mass is 9.71. The predicted molar refractivity (Wildman–Crippen MR) is 56.6 cm³/mol. The molecule has 1 aliphatic carbocycles. The van der Waals surface area contributed by atoms with Gasteiger partial charge in [-0.1, -0.05) is 20.3 Å². The number of hydrogen-bond acceptors (Lipinski definition) is 1. The van der Waals surface area contributed by atoms with Gasteiger partial charge >= 0.3 is 0 Å². The number of nitrogens with one attached hydrogen (secondary N) is 1. The van der Waals surface area contributed by atoms with Crippen LogP contribution in [0.15, 0.2) is 0 Å². The quantitative estimate of drug-likeness (QED) is 0.690. The Morgan fingerprint density at radius 2 is 2.00 bits per heavy atom. The fourth-order valence-electron chi connectivity index (χ4n) is 3.19. The molecular formula is C12H23N. The van der Waals surface area contributed by atoms with E-state index in [1.165, 1.54) is 38.8 Å². The fourth-order valence-corrected chi connectivity index (χ4v) is 3.19.